The van der Waals surface area contributed by atoms with Crippen molar-refractivity contribution in [3.05, 3.63) is 71.3 Å². The summed E-state index contributed by atoms with van der Waals surface area (Å²) in [4.78, 5) is 2.41. The Morgan fingerprint density at radius 3 is 2.24 bits per heavy atom. The molecule has 0 radical (unpaired) electrons. The molecule has 110 valence electrons. The van der Waals surface area contributed by atoms with Gasteiger partial charge in [-0.05, 0) is 31.0 Å². The van der Waals surface area contributed by atoms with Crippen molar-refractivity contribution in [3.63, 3.8) is 0 Å². The summed E-state index contributed by atoms with van der Waals surface area (Å²) in [7, 11) is 0. The standard InChI is InChI=1S/C18H23N3/c1-14(2)21(12-15-7-4-3-5-8-15)13-16-9-6-10-17(11-16)18(19)20/h3-11,14H,12-13H2,1-2H3,(H3,19,20). The summed E-state index contributed by atoms with van der Waals surface area (Å²) in [5.74, 6) is 0.121. The maximum atomic E-state index is 7.54. The van der Waals surface area contributed by atoms with Crippen LogP contribution in [0.25, 0.3) is 0 Å². The predicted molar refractivity (Wildman–Crippen MR) is 88.3 cm³/mol. The van der Waals surface area contributed by atoms with Crippen molar-refractivity contribution in [3.8, 4) is 0 Å². The average molecular weight is 281 g/mol. The largest absolute Gasteiger partial charge is 0.384 e. The van der Waals surface area contributed by atoms with Gasteiger partial charge in [0.25, 0.3) is 0 Å². The summed E-state index contributed by atoms with van der Waals surface area (Å²) < 4.78 is 0. The molecule has 0 bridgehead atoms. The number of nitrogens with zero attached hydrogens (tertiary/aromatic N) is 1. The zero-order valence-electron chi connectivity index (χ0n) is 12.7. The van der Waals surface area contributed by atoms with E-state index in [4.69, 9.17) is 11.1 Å². The van der Waals surface area contributed by atoms with E-state index in [-0.39, 0.29) is 5.84 Å². The lowest BCUT2D eigenvalue weighted by Gasteiger charge is -2.27. The first kappa shape index (κ1) is 15.3. The number of nitrogen functional groups attached to an aromatic ring is 1. The number of amidine groups is 1. The Morgan fingerprint density at radius 2 is 1.62 bits per heavy atom. The van der Waals surface area contributed by atoms with Crippen LogP contribution in [0.3, 0.4) is 0 Å². The third-order valence-corrected chi connectivity index (χ3v) is 3.58. The normalized spacial score (nSPS) is 11.0. The lowest BCUT2D eigenvalue weighted by atomic mass is 10.1. The van der Waals surface area contributed by atoms with Gasteiger partial charge < -0.3 is 5.73 Å². The van der Waals surface area contributed by atoms with Gasteiger partial charge in [-0.25, -0.2) is 0 Å². The lowest BCUT2D eigenvalue weighted by molar-refractivity contribution is 0.203. The molecule has 0 spiro atoms. The first-order chi connectivity index (χ1) is 10.1. The average Bonchev–Trinajstić information content (AvgIpc) is 2.48. The van der Waals surface area contributed by atoms with E-state index >= 15 is 0 Å². The van der Waals surface area contributed by atoms with Crippen LogP contribution in [-0.2, 0) is 13.1 Å². The molecule has 2 aromatic rings. The molecule has 0 aliphatic carbocycles. The van der Waals surface area contributed by atoms with Crippen molar-refractivity contribution in [1.29, 1.82) is 5.41 Å². The zero-order valence-corrected chi connectivity index (χ0v) is 12.7. The van der Waals surface area contributed by atoms with Gasteiger partial charge in [0.15, 0.2) is 0 Å². The fraction of sp³-hybridized carbons (Fsp3) is 0.278. The van der Waals surface area contributed by atoms with E-state index < -0.39 is 0 Å². The molecule has 0 aromatic heterocycles. The van der Waals surface area contributed by atoms with Gasteiger partial charge in [-0.15, -0.1) is 0 Å². The van der Waals surface area contributed by atoms with Gasteiger partial charge in [0, 0.05) is 24.7 Å². The predicted octanol–water partition coefficient (Wildman–Crippen LogP) is 3.38. The topological polar surface area (TPSA) is 53.1 Å². The molecule has 3 nitrogen and oxygen atoms in total. The Bertz CT molecular complexity index is 590. The van der Waals surface area contributed by atoms with Crippen molar-refractivity contribution in [2.75, 3.05) is 0 Å². The van der Waals surface area contributed by atoms with E-state index in [1.807, 2.05) is 24.3 Å². The van der Waals surface area contributed by atoms with Gasteiger partial charge in [-0.3, -0.25) is 10.3 Å². The molecular weight excluding hydrogens is 258 g/mol. The van der Waals surface area contributed by atoms with Gasteiger partial charge >= 0.3 is 0 Å². The Morgan fingerprint density at radius 1 is 1.00 bits per heavy atom. The van der Waals surface area contributed by atoms with E-state index in [1.165, 1.54) is 11.1 Å². The minimum Gasteiger partial charge on any atom is -0.384 e. The number of hydrogen-bond donors (Lipinski definition) is 2. The van der Waals surface area contributed by atoms with Gasteiger partial charge in [-0.2, -0.15) is 0 Å². The number of nitrogens with two attached hydrogens (primary N) is 1. The molecule has 2 rings (SSSR count). The van der Waals surface area contributed by atoms with Crippen LogP contribution in [0.2, 0.25) is 0 Å². The molecule has 0 atom stereocenters. The van der Waals surface area contributed by atoms with E-state index in [9.17, 15) is 0 Å². The molecule has 3 heteroatoms. The molecular formula is C18H23N3. The van der Waals surface area contributed by atoms with Gasteiger partial charge in [0.2, 0.25) is 0 Å². The summed E-state index contributed by atoms with van der Waals surface area (Å²) in [5.41, 5.74) is 8.86. The summed E-state index contributed by atoms with van der Waals surface area (Å²) >= 11 is 0. The van der Waals surface area contributed by atoms with Gasteiger partial charge in [0.1, 0.15) is 5.84 Å². The van der Waals surface area contributed by atoms with Crippen LogP contribution < -0.4 is 5.73 Å². The van der Waals surface area contributed by atoms with Crippen LogP contribution in [0.15, 0.2) is 54.6 Å². The van der Waals surface area contributed by atoms with Crippen LogP contribution in [0.1, 0.15) is 30.5 Å². The summed E-state index contributed by atoms with van der Waals surface area (Å²) in [6, 6.07) is 18.9. The van der Waals surface area contributed by atoms with E-state index in [2.05, 4.69) is 49.1 Å². The second kappa shape index (κ2) is 7.04. The second-order valence-electron chi connectivity index (χ2n) is 5.60. The molecule has 0 amide bonds. The summed E-state index contributed by atoms with van der Waals surface area (Å²) in [6.07, 6.45) is 0. The number of rotatable bonds is 6. The van der Waals surface area contributed by atoms with E-state index in [1.54, 1.807) is 0 Å². The number of nitrogens with one attached hydrogen (secondary N) is 1. The smallest absolute Gasteiger partial charge is 0.122 e. The Hall–Kier alpha value is -2.13. The molecule has 0 unspecified atom stereocenters. The molecule has 0 aliphatic heterocycles. The van der Waals surface area contributed by atoms with Crippen LogP contribution in [0, 0.1) is 5.41 Å². The maximum Gasteiger partial charge on any atom is 0.122 e. The second-order valence-corrected chi connectivity index (χ2v) is 5.60. The highest BCUT2D eigenvalue weighted by atomic mass is 15.1. The lowest BCUT2D eigenvalue weighted by Crippen LogP contribution is -2.29. The summed E-state index contributed by atoms with van der Waals surface area (Å²) in [5, 5.41) is 7.54. The maximum absolute atomic E-state index is 7.54. The minimum absolute atomic E-state index is 0.121. The highest BCUT2D eigenvalue weighted by Crippen LogP contribution is 2.14. The first-order valence-corrected chi connectivity index (χ1v) is 7.27. The van der Waals surface area contributed by atoms with E-state index in [0.717, 1.165) is 18.7 Å². The van der Waals surface area contributed by atoms with Crippen molar-refractivity contribution in [2.45, 2.75) is 33.0 Å². The first-order valence-electron chi connectivity index (χ1n) is 7.27. The molecule has 3 N–H and O–H groups in total. The van der Waals surface area contributed by atoms with Crippen LogP contribution in [0.5, 0.6) is 0 Å². The molecule has 0 aliphatic rings. The third-order valence-electron chi connectivity index (χ3n) is 3.58. The summed E-state index contributed by atoms with van der Waals surface area (Å²) in [6.45, 7) is 6.19. The number of hydrogen-bond acceptors (Lipinski definition) is 2. The Balaban J connectivity index is 2.13. The SMILES string of the molecule is CC(C)N(Cc1ccccc1)Cc1cccc(C(=N)N)c1. The monoisotopic (exact) mass is 281 g/mol. The molecule has 2 aromatic carbocycles. The van der Waals surface area contributed by atoms with Crippen LogP contribution >= 0.6 is 0 Å². The van der Waals surface area contributed by atoms with Gasteiger partial charge in [-0.1, -0.05) is 48.5 Å². The molecule has 0 saturated heterocycles. The molecule has 0 heterocycles. The molecule has 21 heavy (non-hydrogen) atoms. The van der Waals surface area contributed by atoms with Crippen molar-refractivity contribution < 1.29 is 0 Å². The third kappa shape index (κ3) is 4.43. The number of benzene rings is 2. The highest BCUT2D eigenvalue weighted by Gasteiger charge is 2.11. The fourth-order valence-corrected chi connectivity index (χ4v) is 2.31. The van der Waals surface area contributed by atoms with E-state index in [0.29, 0.717) is 6.04 Å². The van der Waals surface area contributed by atoms with Gasteiger partial charge in [0.05, 0.1) is 0 Å². The van der Waals surface area contributed by atoms with Crippen molar-refractivity contribution >= 4 is 5.84 Å². The van der Waals surface area contributed by atoms with Crippen LogP contribution in [-0.4, -0.2) is 16.8 Å². The Labute approximate surface area is 126 Å². The molecule has 0 saturated carbocycles. The van der Waals surface area contributed by atoms with Crippen molar-refractivity contribution in [1.82, 2.24) is 4.90 Å². The molecule has 0 fully saturated rings. The van der Waals surface area contributed by atoms with Crippen molar-refractivity contribution in [2.24, 2.45) is 5.73 Å². The minimum atomic E-state index is 0.121. The highest BCUT2D eigenvalue weighted by molar-refractivity contribution is 5.95. The van der Waals surface area contributed by atoms with Crippen LogP contribution in [0.4, 0.5) is 0 Å². The fourth-order valence-electron chi connectivity index (χ4n) is 2.31. The quantitative estimate of drug-likeness (QED) is 0.630. The zero-order chi connectivity index (χ0) is 15.2. The Kier molecular flexibility index (Phi) is 5.12.